The lowest BCUT2D eigenvalue weighted by Gasteiger charge is -2.45. The van der Waals surface area contributed by atoms with Crippen molar-refractivity contribution in [2.24, 2.45) is 0 Å². The molecule has 1 aromatic heterocycles. The molecule has 0 saturated heterocycles. The molecule has 3 aliphatic heterocycles. The van der Waals surface area contributed by atoms with Crippen LogP contribution in [0.15, 0.2) is 277 Å². The van der Waals surface area contributed by atoms with Crippen molar-refractivity contribution in [1.82, 2.24) is 4.57 Å². The maximum Gasteiger partial charge on any atom is 0.252 e. The number of para-hydroxylation sites is 7. The van der Waals surface area contributed by atoms with Gasteiger partial charge in [-0.05, 0) is 130 Å². The van der Waals surface area contributed by atoms with Crippen molar-refractivity contribution in [3.8, 4) is 5.69 Å². The third-order valence-corrected chi connectivity index (χ3v) is 16.4. The van der Waals surface area contributed by atoms with Gasteiger partial charge in [-0.3, -0.25) is 0 Å². The molecular formula is C67H45BN4S. The van der Waals surface area contributed by atoms with Crippen LogP contribution in [0.2, 0.25) is 0 Å². The Kier molecular flexibility index (Phi) is 9.64. The van der Waals surface area contributed by atoms with Crippen molar-refractivity contribution in [2.45, 2.75) is 15.7 Å². The summed E-state index contributed by atoms with van der Waals surface area (Å²) in [5.41, 5.74) is 21.7. The fourth-order valence-electron chi connectivity index (χ4n) is 12.2. The Hall–Kier alpha value is -8.97. The lowest BCUT2D eigenvalue weighted by molar-refractivity contribution is 0.900. The maximum atomic E-state index is 2.59. The maximum absolute atomic E-state index is 2.59. The highest BCUT2D eigenvalue weighted by atomic mass is 32.2. The van der Waals surface area contributed by atoms with Gasteiger partial charge in [0.1, 0.15) is 0 Å². The summed E-state index contributed by atoms with van der Waals surface area (Å²) >= 11 is 1.91. The predicted molar refractivity (Wildman–Crippen MR) is 307 cm³/mol. The van der Waals surface area contributed by atoms with Gasteiger partial charge >= 0.3 is 0 Å². The van der Waals surface area contributed by atoms with Gasteiger partial charge in [0.25, 0.3) is 6.71 Å². The van der Waals surface area contributed by atoms with E-state index in [2.05, 4.69) is 286 Å². The Balaban J connectivity index is 1.00. The quantitative estimate of drug-likeness (QED) is 0.148. The van der Waals surface area contributed by atoms with E-state index < -0.39 is 0 Å². The second-order valence-corrected chi connectivity index (χ2v) is 20.3. The van der Waals surface area contributed by atoms with Gasteiger partial charge in [0.15, 0.2) is 0 Å². The van der Waals surface area contributed by atoms with Gasteiger partial charge in [0.05, 0.1) is 16.7 Å². The van der Waals surface area contributed by atoms with Crippen LogP contribution in [-0.4, -0.2) is 11.3 Å². The molecule has 15 rings (SSSR count). The summed E-state index contributed by atoms with van der Waals surface area (Å²) in [5.74, 6) is 0.0170. The molecule has 0 fully saturated rings. The minimum Gasteiger partial charge on any atom is -0.311 e. The van der Waals surface area contributed by atoms with Gasteiger partial charge in [0, 0.05) is 77.7 Å². The minimum atomic E-state index is -0.0575. The number of nitrogens with zero attached hydrogens (tertiary/aromatic N) is 4. The molecule has 4 nitrogen and oxygen atoms in total. The Morgan fingerprint density at radius 2 is 0.863 bits per heavy atom. The predicted octanol–water partition coefficient (Wildman–Crippen LogP) is 16.0. The van der Waals surface area contributed by atoms with E-state index in [9.17, 15) is 0 Å². The number of hydrogen-bond acceptors (Lipinski definition) is 4. The number of benzene rings is 11. The largest absolute Gasteiger partial charge is 0.311 e. The van der Waals surface area contributed by atoms with Gasteiger partial charge in [0.2, 0.25) is 0 Å². The molecular weight excluding hydrogens is 904 g/mol. The molecule has 4 heterocycles. The molecule has 11 aromatic carbocycles. The summed E-state index contributed by atoms with van der Waals surface area (Å²) < 4.78 is 2.45. The van der Waals surface area contributed by atoms with Crippen molar-refractivity contribution in [3.63, 3.8) is 0 Å². The molecule has 0 saturated carbocycles. The summed E-state index contributed by atoms with van der Waals surface area (Å²) in [6.45, 7) is -0.0575. The molecule has 0 amide bonds. The first kappa shape index (κ1) is 41.8. The monoisotopic (exact) mass is 948 g/mol. The smallest absolute Gasteiger partial charge is 0.252 e. The minimum absolute atomic E-state index is 0.0170. The number of rotatable bonds is 7. The van der Waals surface area contributed by atoms with E-state index in [0.717, 1.165) is 34.1 Å². The van der Waals surface area contributed by atoms with Crippen LogP contribution in [0.4, 0.5) is 51.2 Å². The fourth-order valence-corrected chi connectivity index (χ4v) is 13.4. The zero-order valence-corrected chi connectivity index (χ0v) is 40.6. The number of aromatic nitrogens is 1. The highest BCUT2D eigenvalue weighted by Gasteiger charge is 2.45. The van der Waals surface area contributed by atoms with Crippen LogP contribution >= 0.6 is 11.8 Å². The van der Waals surface area contributed by atoms with Gasteiger partial charge < -0.3 is 19.3 Å². The zero-order valence-electron chi connectivity index (χ0n) is 39.8. The normalized spacial score (nSPS) is 14.0. The van der Waals surface area contributed by atoms with Crippen LogP contribution in [0.1, 0.15) is 22.6 Å². The molecule has 12 aromatic rings. The zero-order chi connectivity index (χ0) is 48.0. The SMILES string of the molecule is c1ccc(C2c3ccc(-n4c5ccccc5c5ccccc54)cc3Sc3cc4c(cc32)B2c3ccccc3N(c3ccccc3)c3cc(N(c5ccccc5)c5ccccc5)cc(c32)N4c2ccccc2)cc1. The van der Waals surface area contributed by atoms with Crippen LogP contribution in [0.25, 0.3) is 27.5 Å². The van der Waals surface area contributed by atoms with Crippen molar-refractivity contribution in [3.05, 3.63) is 284 Å². The van der Waals surface area contributed by atoms with Crippen LogP contribution in [0.5, 0.6) is 0 Å². The molecule has 0 spiro atoms. The molecule has 73 heavy (non-hydrogen) atoms. The molecule has 0 aliphatic carbocycles. The lowest BCUT2D eigenvalue weighted by Crippen LogP contribution is -2.61. The molecule has 1 atom stereocenters. The number of hydrogen-bond donors (Lipinski definition) is 0. The molecule has 0 bridgehead atoms. The molecule has 6 heteroatoms. The van der Waals surface area contributed by atoms with E-state index in [4.69, 9.17) is 0 Å². The molecule has 342 valence electrons. The molecule has 1 unspecified atom stereocenters. The lowest BCUT2D eigenvalue weighted by atomic mass is 9.33. The van der Waals surface area contributed by atoms with E-state index in [1.54, 1.807) is 0 Å². The van der Waals surface area contributed by atoms with Crippen LogP contribution in [0.3, 0.4) is 0 Å². The summed E-state index contributed by atoms with van der Waals surface area (Å²) in [6.07, 6.45) is 0. The highest BCUT2D eigenvalue weighted by molar-refractivity contribution is 7.99. The van der Waals surface area contributed by atoms with E-state index in [0.29, 0.717) is 0 Å². The average Bonchev–Trinajstić information content (AvgIpc) is 3.79. The van der Waals surface area contributed by atoms with Crippen molar-refractivity contribution < 1.29 is 0 Å². The van der Waals surface area contributed by atoms with Crippen molar-refractivity contribution in [1.29, 1.82) is 0 Å². The van der Waals surface area contributed by atoms with E-state index in [1.165, 1.54) is 87.4 Å². The third kappa shape index (κ3) is 6.57. The molecule has 3 aliphatic rings. The Bertz CT molecular complexity index is 4000. The first-order chi connectivity index (χ1) is 36.2. The first-order valence-corrected chi connectivity index (χ1v) is 26.0. The average molecular weight is 949 g/mol. The van der Waals surface area contributed by atoms with Crippen LogP contribution in [-0.2, 0) is 0 Å². The summed E-state index contributed by atoms with van der Waals surface area (Å²) in [7, 11) is 0. The van der Waals surface area contributed by atoms with Crippen molar-refractivity contribution >= 4 is 108 Å². The standard InChI is InChI=1S/C67H45BN4S/c1-6-22-45(23-7-1)66-54-39-38-50(72-58-35-19-16-32-52(58)53-33-17-20-36-59(53)72)42-64(54)73-65-44-61-57(43-55(65)66)68-56-34-18-21-37-60(56)70(48-28-12-4-13-29-48)62-40-51(41-63(67(62)68)71(61)49-30-14-5-15-31-49)69(46-24-8-2-9-25-46)47-26-10-3-11-27-47/h1-44,66H. The molecule has 0 N–H and O–H groups in total. The summed E-state index contributed by atoms with van der Waals surface area (Å²) in [5, 5.41) is 2.53. The van der Waals surface area contributed by atoms with Gasteiger partial charge in [-0.2, -0.15) is 0 Å². The van der Waals surface area contributed by atoms with Crippen LogP contribution < -0.4 is 31.1 Å². The Morgan fingerprint density at radius 1 is 0.356 bits per heavy atom. The fraction of sp³-hybridized carbons (Fsp3) is 0.0149. The van der Waals surface area contributed by atoms with E-state index in [-0.39, 0.29) is 12.6 Å². The van der Waals surface area contributed by atoms with Gasteiger partial charge in [-0.15, -0.1) is 0 Å². The van der Waals surface area contributed by atoms with E-state index >= 15 is 0 Å². The second kappa shape index (κ2) is 16.8. The second-order valence-electron chi connectivity index (χ2n) is 19.2. The topological polar surface area (TPSA) is 14.7 Å². The first-order valence-electron chi connectivity index (χ1n) is 25.2. The third-order valence-electron chi connectivity index (χ3n) is 15.2. The van der Waals surface area contributed by atoms with E-state index in [1.807, 2.05) is 11.8 Å². The van der Waals surface area contributed by atoms with Crippen LogP contribution in [0, 0.1) is 0 Å². The van der Waals surface area contributed by atoms with Gasteiger partial charge in [-0.25, -0.2) is 0 Å². The highest BCUT2D eigenvalue weighted by Crippen LogP contribution is 2.53. The Morgan fingerprint density at radius 3 is 1.48 bits per heavy atom. The Labute approximate surface area is 429 Å². The van der Waals surface area contributed by atoms with Gasteiger partial charge in [-0.1, -0.05) is 182 Å². The molecule has 0 radical (unpaired) electrons. The summed E-state index contributed by atoms with van der Waals surface area (Å²) in [6, 6.07) is 98.6. The number of fused-ring (bicyclic) bond motifs is 9. The van der Waals surface area contributed by atoms with Crippen molar-refractivity contribution in [2.75, 3.05) is 14.7 Å². The number of anilines is 9. The summed E-state index contributed by atoms with van der Waals surface area (Å²) in [4.78, 5) is 10.0.